The molecule has 0 saturated heterocycles. The monoisotopic (exact) mass is 293 g/mol. The van der Waals surface area contributed by atoms with Crippen LogP contribution >= 0.6 is 27.5 Å². The highest BCUT2D eigenvalue weighted by Gasteiger charge is 2.20. The number of rotatable bonds is 3. The van der Waals surface area contributed by atoms with Crippen molar-refractivity contribution in [2.45, 2.75) is 19.1 Å². The van der Waals surface area contributed by atoms with E-state index in [4.69, 9.17) is 17.3 Å². The third-order valence-electron chi connectivity index (χ3n) is 2.23. The van der Waals surface area contributed by atoms with E-state index < -0.39 is 12.2 Å². The number of anilines is 1. The first-order valence-electron chi connectivity index (χ1n) is 4.45. The predicted octanol–water partition coefficient (Wildman–Crippen LogP) is 2.02. The maximum absolute atomic E-state index is 9.78. The van der Waals surface area contributed by atoms with Crippen molar-refractivity contribution in [3.8, 4) is 0 Å². The Kier molecular flexibility index (Phi) is 4.40. The summed E-state index contributed by atoms with van der Waals surface area (Å²) >= 11 is 9.02. The number of benzene rings is 1. The van der Waals surface area contributed by atoms with Crippen LogP contribution in [0.15, 0.2) is 12.1 Å². The Labute approximate surface area is 102 Å². The van der Waals surface area contributed by atoms with Gasteiger partial charge in [0, 0.05) is 21.6 Å². The fourth-order valence-electron chi connectivity index (χ4n) is 1.24. The molecule has 0 aliphatic rings. The van der Waals surface area contributed by atoms with Crippen LogP contribution in [0.25, 0.3) is 0 Å². The number of nitrogens with two attached hydrogens (primary N) is 1. The van der Waals surface area contributed by atoms with Crippen LogP contribution in [-0.4, -0.2) is 21.6 Å². The van der Waals surface area contributed by atoms with Crippen LogP contribution in [0.3, 0.4) is 0 Å². The molecule has 0 bridgehead atoms. The molecule has 0 aliphatic heterocycles. The lowest BCUT2D eigenvalue weighted by Crippen LogP contribution is -2.20. The molecule has 3 nitrogen and oxygen atoms in total. The summed E-state index contributed by atoms with van der Waals surface area (Å²) < 4.78 is 0. The molecule has 0 fully saturated rings. The second-order valence-electron chi connectivity index (χ2n) is 3.40. The van der Waals surface area contributed by atoms with Gasteiger partial charge in [-0.1, -0.05) is 27.5 Å². The summed E-state index contributed by atoms with van der Waals surface area (Å²) in [6.45, 7) is 1.82. The van der Waals surface area contributed by atoms with Crippen molar-refractivity contribution in [2.24, 2.45) is 0 Å². The number of hydrogen-bond acceptors (Lipinski definition) is 3. The molecule has 0 saturated carbocycles. The Balaban J connectivity index is 3.09. The van der Waals surface area contributed by atoms with E-state index in [9.17, 15) is 10.2 Å². The van der Waals surface area contributed by atoms with Crippen molar-refractivity contribution in [2.75, 3.05) is 11.1 Å². The molecule has 0 heterocycles. The summed E-state index contributed by atoms with van der Waals surface area (Å²) in [6.07, 6.45) is -1.89. The quantitative estimate of drug-likeness (QED) is 0.590. The highest BCUT2D eigenvalue weighted by molar-refractivity contribution is 9.09. The van der Waals surface area contributed by atoms with Gasteiger partial charge in [-0.15, -0.1) is 0 Å². The number of alkyl halides is 1. The molecule has 15 heavy (non-hydrogen) atoms. The van der Waals surface area contributed by atoms with Gasteiger partial charge in [-0.2, -0.15) is 0 Å². The Hall–Kier alpha value is -0.290. The van der Waals surface area contributed by atoms with Gasteiger partial charge in [0.15, 0.2) is 0 Å². The fourth-order valence-corrected chi connectivity index (χ4v) is 1.88. The zero-order valence-electron chi connectivity index (χ0n) is 8.24. The Morgan fingerprint density at radius 1 is 1.47 bits per heavy atom. The fraction of sp³-hybridized carbons (Fsp3) is 0.400. The van der Waals surface area contributed by atoms with Crippen molar-refractivity contribution in [3.63, 3.8) is 0 Å². The highest BCUT2D eigenvalue weighted by atomic mass is 79.9. The SMILES string of the molecule is Cc1cc(C(O)C(O)CBr)c(Cl)cc1N. The molecule has 2 atom stereocenters. The minimum atomic E-state index is -1.00. The molecule has 0 spiro atoms. The second kappa shape index (κ2) is 5.16. The molecule has 2 unspecified atom stereocenters. The van der Waals surface area contributed by atoms with Gasteiger partial charge >= 0.3 is 0 Å². The second-order valence-corrected chi connectivity index (χ2v) is 4.45. The first-order chi connectivity index (χ1) is 6.97. The normalized spacial score (nSPS) is 15.0. The van der Waals surface area contributed by atoms with E-state index in [1.165, 1.54) is 0 Å². The lowest BCUT2D eigenvalue weighted by atomic mass is 10.0. The van der Waals surface area contributed by atoms with Crippen molar-refractivity contribution in [1.82, 2.24) is 0 Å². The summed E-state index contributed by atoms with van der Waals surface area (Å²) in [5.74, 6) is 0. The lowest BCUT2D eigenvalue weighted by molar-refractivity contribution is 0.0343. The summed E-state index contributed by atoms with van der Waals surface area (Å²) in [5, 5.41) is 19.9. The average Bonchev–Trinajstić information content (AvgIpc) is 2.21. The molecule has 1 rings (SSSR count). The van der Waals surface area contributed by atoms with Gasteiger partial charge in [0.2, 0.25) is 0 Å². The zero-order valence-corrected chi connectivity index (χ0v) is 10.6. The summed E-state index contributed by atoms with van der Waals surface area (Å²) in [7, 11) is 0. The van der Waals surface area contributed by atoms with E-state index in [1.54, 1.807) is 12.1 Å². The van der Waals surface area contributed by atoms with Gasteiger partial charge in [0.05, 0.1) is 6.10 Å². The van der Waals surface area contributed by atoms with Gasteiger partial charge in [0.25, 0.3) is 0 Å². The van der Waals surface area contributed by atoms with Crippen LogP contribution in [0, 0.1) is 6.92 Å². The Morgan fingerprint density at radius 2 is 2.07 bits per heavy atom. The van der Waals surface area contributed by atoms with E-state index in [-0.39, 0.29) is 5.33 Å². The van der Waals surface area contributed by atoms with Crippen molar-refractivity contribution < 1.29 is 10.2 Å². The molecular weight excluding hydrogens is 281 g/mol. The van der Waals surface area contributed by atoms with E-state index >= 15 is 0 Å². The zero-order chi connectivity index (χ0) is 11.6. The third kappa shape index (κ3) is 2.84. The first-order valence-corrected chi connectivity index (χ1v) is 5.95. The lowest BCUT2D eigenvalue weighted by Gasteiger charge is -2.18. The predicted molar refractivity (Wildman–Crippen MR) is 65.4 cm³/mol. The van der Waals surface area contributed by atoms with Crippen LogP contribution in [-0.2, 0) is 0 Å². The van der Waals surface area contributed by atoms with Crippen LogP contribution in [0.5, 0.6) is 0 Å². The molecule has 0 aromatic heterocycles. The first kappa shape index (κ1) is 12.8. The minimum absolute atomic E-state index is 0.286. The summed E-state index contributed by atoms with van der Waals surface area (Å²) in [6, 6.07) is 3.27. The molecule has 84 valence electrons. The maximum Gasteiger partial charge on any atom is 0.107 e. The molecule has 0 amide bonds. The molecule has 0 aliphatic carbocycles. The number of aliphatic hydroxyl groups excluding tert-OH is 2. The standard InChI is InChI=1S/C10H13BrClNO2/c1-5-2-6(7(12)3-8(5)13)10(15)9(14)4-11/h2-3,9-10,14-15H,4,13H2,1H3. The van der Waals surface area contributed by atoms with E-state index in [1.807, 2.05) is 6.92 Å². The van der Waals surface area contributed by atoms with Gasteiger partial charge < -0.3 is 15.9 Å². The van der Waals surface area contributed by atoms with Crippen LogP contribution in [0.2, 0.25) is 5.02 Å². The number of halogens is 2. The van der Waals surface area contributed by atoms with E-state index in [0.717, 1.165) is 5.56 Å². The van der Waals surface area contributed by atoms with Crippen LogP contribution < -0.4 is 5.73 Å². The van der Waals surface area contributed by atoms with E-state index in [0.29, 0.717) is 16.3 Å². The Bertz CT molecular complexity index is 360. The van der Waals surface area contributed by atoms with Gasteiger partial charge in [-0.05, 0) is 24.6 Å². The average molecular weight is 295 g/mol. The number of hydrogen-bond donors (Lipinski definition) is 3. The molecule has 5 heteroatoms. The largest absolute Gasteiger partial charge is 0.398 e. The van der Waals surface area contributed by atoms with Gasteiger partial charge in [-0.3, -0.25) is 0 Å². The van der Waals surface area contributed by atoms with Crippen LogP contribution in [0.4, 0.5) is 5.69 Å². The maximum atomic E-state index is 9.78. The van der Waals surface area contributed by atoms with Crippen LogP contribution in [0.1, 0.15) is 17.2 Å². The number of aryl methyl sites for hydroxylation is 1. The molecule has 1 aromatic rings. The topological polar surface area (TPSA) is 66.5 Å². The Morgan fingerprint density at radius 3 is 2.60 bits per heavy atom. The minimum Gasteiger partial charge on any atom is -0.398 e. The summed E-state index contributed by atoms with van der Waals surface area (Å²) in [5.41, 5.74) is 7.56. The smallest absolute Gasteiger partial charge is 0.107 e. The summed E-state index contributed by atoms with van der Waals surface area (Å²) in [4.78, 5) is 0. The number of nitrogen functional groups attached to an aromatic ring is 1. The van der Waals surface area contributed by atoms with Crippen molar-refractivity contribution in [3.05, 3.63) is 28.3 Å². The molecule has 4 N–H and O–H groups in total. The van der Waals surface area contributed by atoms with Crippen molar-refractivity contribution >= 4 is 33.2 Å². The van der Waals surface area contributed by atoms with E-state index in [2.05, 4.69) is 15.9 Å². The molecule has 0 radical (unpaired) electrons. The highest BCUT2D eigenvalue weighted by Crippen LogP contribution is 2.29. The number of aliphatic hydroxyl groups is 2. The van der Waals surface area contributed by atoms with Gasteiger partial charge in [-0.25, -0.2) is 0 Å². The van der Waals surface area contributed by atoms with Gasteiger partial charge in [0.1, 0.15) is 6.10 Å². The molecule has 1 aromatic carbocycles. The van der Waals surface area contributed by atoms with Crippen molar-refractivity contribution in [1.29, 1.82) is 0 Å². The third-order valence-corrected chi connectivity index (χ3v) is 3.22. The molecular formula is C10H13BrClNO2.